The Morgan fingerprint density at radius 1 is 1.29 bits per heavy atom. The number of carboxylic acid groups (broad SMARTS) is 1. The Kier molecular flexibility index (Phi) is 6.56. The van der Waals surface area contributed by atoms with Gasteiger partial charge in [0, 0.05) is 19.6 Å². The third kappa shape index (κ3) is 4.65. The molecule has 8 nitrogen and oxygen atoms in total. The van der Waals surface area contributed by atoms with Crippen LogP contribution in [0.4, 0.5) is 0 Å². The summed E-state index contributed by atoms with van der Waals surface area (Å²) in [5.41, 5.74) is 0. The SMILES string of the molecule is CCOC(=O)CN(CC)S(=O)(=O)N1CCC(C(=O)O)CC1. The van der Waals surface area contributed by atoms with E-state index in [0.29, 0.717) is 0 Å². The van der Waals surface area contributed by atoms with E-state index in [0.717, 1.165) is 4.31 Å². The highest BCUT2D eigenvalue weighted by atomic mass is 32.2. The van der Waals surface area contributed by atoms with Gasteiger partial charge in [0.25, 0.3) is 10.2 Å². The molecule has 1 fully saturated rings. The molecule has 0 unspecified atom stereocenters. The topological polar surface area (TPSA) is 104 Å². The van der Waals surface area contributed by atoms with Crippen LogP contribution in [-0.2, 0) is 24.5 Å². The molecule has 0 aromatic rings. The van der Waals surface area contributed by atoms with Crippen molar-refractivity contribution >= 4 is 22.1 Å². The molecule has 0 aromatic heterocycles. The summed E-state index contributed by atoms with van der Waals surface area (Å²) < 4.78 is 31.9. The Morgan fingerprint density at radius 2 is 1.86 bits per heavy atom. The minimum absolute atomic E-state index is 0.151. The van der Waals surface area contributed by atoms with E-state index in [1.54, 1.807) is 13.8 Å². The van der Waals surface area contributed by atoms with Gasteiger partial charge in [-0.25, -0.2) is 0 Å². The van der Waals surface area contributed by atoms with Crippen LogP contribution >= 0.6 is 0 Å². The van der Waals surface area contributed by atoms with Crippen LogP contribution in [-0.4, -0.2) is 66.9 Å². The molecule has 1 heterocycles. The van der Waals surface area contributed by atoms with Crippen LogP contribution in [0.25, 0.3) is 0 Å². The van der Waals surface area contributed by atoms with E-state index in [1.165, 1.54) is 4.31 Å². The minimum atomic E-state index is -3.76. The molecule has 0 amide bonds. The molecule has 0 bridgehead atoms. The van der Waals surface area contributed by atoms with Crippen molar-refractivity contribution in [1.29, 1.82) is 0 Å². The fourth-order valence-corrected chi connectivity index (χ4v) is 3.80. The number of piperidine rings is 1. The van der Waals surface area contributed by atoms with E-state index in [-0.39, 0.29) is 45.6 Å². The van der Waals surface area contributed by atoms with Crippen molar-refractivity contribution < 1.29 is 27.9 Å². The zero-order valence-corrected chi connectivity index (χ0v) is 13.1. The molecule has 0 atom stereocenters. The van der Waals surface area contributed by atoms with Crippen molar-refractivity contribution in [2.24, 2.45) is 5.92 Å². The molecule has 1 aliphatic heterocycles. The van der Waals surface area contributed by atoms with Crippen molar-refractivity contribution in [3.63, 3.8) is 0 Å². The van der Waals surface area contributed by atoms with Crippen LogP contribution in [0.2, 0.25) is 0 Å². The van der Waals surface area contributed by atoms with Crippen LogP contribution in [0.1, 0.15) is 26.7 Å². The van der Waals surface area contributed by atoms with E-state index in [9.17, 15) is 18.0 Å². The van der Waals surface area contributed by atoms with Gasteiger partial charge in [0.05, 0.1) is 12.5 Å². The Labute approximate surface area is 124 Å². The van der Waals surface area contributed by atoms with Crippen molar-refractivity contribution in [3.05, 3.63) is 0 Å². The normalized spacial score (nSPS) is 17.9. The second-order valence-electron chi connectivity index (χ2n) is 4.75. The van der Waals surface area contributed by atoms with E-state index in [4.69, 9.17) is 9.84 Å². The maximum atomic E-state index is 12.4. The molecule has 0 aromatic carbocycles. The van der Waals surface area contributed by atoms with Gasteiger partial charge in [0.1, 0.15) is 6.54 Å². The number of aliphatic carboxylic acids is 1. The van der Waals surface area contributed by atoms with Gasteiger partial charge in [-0.05, 0) is 19.8 Å². The summed E-state index contributed by atoms with van der Waals surface area (Å²) in [6, 6.07) is 0. The zero-order chi connectivity index (χ0) is 16.0. The number of carbonyl (C=O) groups excluding carboxylic acids is 1. The molecule has 21 heavy (non-hydrogen) atoms. The van der Waals surface area contributed by atoms with Crippen LogP contribution in [0.15, 0.2) is 0 Å². The lowest BCUT2D eigenvalue weighted by atomic mass is 9.99. The summed E-state index contributed by atoms with van der Waals surface area (Å²) in [4.78, 5) is 22.3. The second-order valence-corrected chi connectivity index (χ2v) is 6.68. The lowest BCUT2D eigenvalue weighted by molar-refractivity contribution is -0.143. The molecule has 1 rings (SSSR count). The first-order chi connectivity index (χ1) is 9.82. The van der Waals surface area contributed by atoms with Gasteiger partial charge in [-0.2, -0.15) is 17.0 Å². The third-order valence-corrected chi connectivity index (χ3v) is 5.48. The summed E-state index contributed by atoms with van der Waals surface area (Å²) in [6.45, 7) is 3.61. The molecule has 0 spiro atoms. The summed E-state index contributed by atoms with van der Waals surface area (Å²) >= 11 is 0. The van der Waals surface area contributed by atoms with Gasteiger partial charge < -0.3 is 9.84 Å². The van der Waals surface area contributed by atoms with Crippen LogP contribution in [0, 0.1) is 5.92 Å². The maximum Gasteiger partial charge on any atom is 0.321 e. The number of carboxylic acids is 1. The quantitative estimate of drug-likeness (QED) is 0.657. The summed E-state index contributed by atoms with van der Waals surface area (Å²) in [6.07, 6.45) is 0.567. The molecule has 0 radical (unpaired) electrons. The number of hydrogen-bond donors (Lipinski definition) is 1. The molecule has 0 saturated carbocycles. The summed E-state index contributed by atoms with van der Waals surface area (Å²) in [5.74, 6) is -1.99. The maximum absolute atomic E-state index is 12.4. The van der Waals surface area contributed by atoms with Crippen molar-refractivity contribution in [1.82, 2.24) is 8.61 Å². The van der Waals surface area contributed by atoms with Crippen molar-refractivity contribution in [3.8, 4) is 0 Å². The molecule has 9 heteroatoms. The van der Waals surface area contributed by atoms with Gasteiger partial charge in [-0.3, -0.25) is 9.59 Å². The predicted molar refractivity (Wildman–Crippen MR) is 74.7 cm³/mol. The highest BCUT2D eigenvalue weighted by Gasteiger charge is 2.35. The van der Waals surface area contributed by atoms with Gasteiger partial charge in [-0.1, -0.05) is 6.92 Å². The largest absolute Gasteiger partial charge is 0.481 e. The molecular weight excluding hydrogens is 300 g/mol. The Morgan fingerprint density at radius 3 is 2.29 bits per heavy atom. The third-order valence-electron chi connectivity index (χ3n) is 3.42. The van der Waals surface area contributed by atoms with Crippen LogP contribution in [0.5, 0.6) is 0 Å². The van der Waals surface area contributed by atoms with Gasteiger partial charge in [0.2, 0.25) is 0 Å². The fraction of sp³-hybridized carbons (Fsp3) is 0.833. The Hall–Kier alpha value is -1.19. The molecule has 122 valence electrons. The number of rotatable bonds is 7. The van der Waals surface area contributed by atoms with Gasteiger partial charge in [0.15, 0.2) is 0 Å². The highest BCUT2D eigenvalue weighted by molar-refractivity contribution is 7.86. The molecule has 0 aliphatic carbocycles. The first-order valence-electron chi connectivity index (χ1n) is 6.96. The average Bonchev–Trinajstić information content (AvgIpc) is 2.45. The number of esters is 1. The minimum Gasteiger partial charge on any atom is -0.481 e. The number of ether oxygens (including phenoxy) is 1. The Balaban J connectivity index is 2.70. The predicted octanol–water partition coefficient (Wildman–Crippen LogP) is -0.0872. The van der Waals surface area contributed by atoms with E-state index >= 15 is 0 Å². The average molecular weight is 322 g/mol. The number of carbonyl (C=O) groups is 2. The molecular formula is C12H22N2O6S. The van der Waals surface area contributed by atoms with E-state index in [2.05, 4.69) is 0 Å². The first kappa shape index (κ1) is 17.9. The number of hydrogen-bond acceptors (Lipinski definition) is 5. The summed E-state index contributed by atoms with van der Waals surface area (Å²) in [5, 5.41) is 8.92. The fourth-order valence-electron chi connectivity index (χ4n) is 2.20. The van der Waals surface area contributed by atoms with Crippen molar-refractivity contribution in [2.45, 2.75) is 26.7 Å². The second kappa shape index (κ2) is 7.71. The molecule has 1 aliphatic rings. The smallest absolute Gasteiger partial charge is 0.321 e. The molecule has 1 N–H and O–H groups in total. The monoisotopic (exact) mass is 322 g/mol. The lowest BCUT2D eigenvalue weighted by Crippen LogP contribution is -2.49. The molecule has 1 saturated heterocycles. The number of nitrogens with zero attached hydrogens (tertiary/aromatic N) is 2. The Bertz CT molecular complexity index is 470. The zero-order valence-electron chi connectivity index (χ0n) is 12.3. The lowest BCUT2D eigenvalue weighted by Gasteiger charge is -2.33. The number of likely N-dealkylation sites (N-methyl/N-ethyl adjacent to an activating group) is 1. The van der Waals surface area contributed by atoms with Gasteiger partial charge in [-0.15, -0.1) is 0 Å². The van der Waals surface area contributed by atoms with Crippen LogP contribution in [0.3, 0.4) is 0 Å². The first-order valence-corrected chi connectivity index (χ1v) is 8.36. The highest BCUT2D eigenvalue weighted by Crippen LogP contribution is 2.21. The summed E-state index contributed by atoms with van der Waals surface area (Å²) in [7, 11) is -3.76. The van der Waals surface area contributed by atoms with Crippen molar-refractivity contribution in [2.75, 3.05) is 32.8 Å². The standard InChI is InChI=1S/C12H22N2O6S/c1-3-13(9-11(15)20-4-2)21(18,19)14-7-5-10(6-8-14)12(16)17/h10H,3-9H2,1-2H3,(H,16,17). The van der Waals surface area contributed by atoms with E-state index in [1.807, 2.05) is 0 Å². The van der Waals surface area contributed by atoms with E-state index < -0.39 is 28.1 Å². The van der Waals surface area contributed by atoms with Gasteiger partial charge >= 0.3 is 11.9 Å². The van der Waals surface area contributed by atoms with Crippen LogP contribution < -0.4 is 0 Å².